The quantitative estimate of drug-likeness (QED) is 0.146. The minimum atomic E-state index is -0.472. The van der Waals surface area contributed by atoms with E-state index in [0.717, 1.165) is 117 Å². The maximum absolute atomic E-state index is 13.7. The van der Waals surface area contributed by atoms with Gasteiger partial charge in [0.2, 0.25) is 17.7 Å². The number of rotatable bonds is 9. The van der Waals surface area contributed by atoms with Crippen LogP contribution in [-0.2, 0) is 20.9 Å². The lowest BCUT2D eigenvalue weighted by Crippen LogP contribution is -2.51. The van der Waals surface area contributed by atoms with Gasteiger partial charge in [0.05, 0.1) is 12.2 Å². The molecule has 2 N–H and O–H groups in total. The number of nitrogens with one attached hydrogen (secondary N) is 2. The van der Waals surface area contributed by atoms with Gasteiger partial charge in [0, 0.05) is 60.6 Å². The van der Waals surface area contributed by atoms with Gasteiger partial charge in [-0.05, 0) is 154 Å². The van der Waals surface area contributed by atoms with E-state index in [2.05, 4.69) is 93.8 Å². The molecule has 340 valence electrons. The number of piperidine rings is 4. The largest absolute Gasteiger partial charge is 0.354 e. The van der Waals surface area contributed by atoms with Crippen molar-refractivity contribution in [3.8, 4) is 11.8 Å². The Labute approximate surface area is 386 Å². The van der Waals surface area contributed by atoms with E-state index in [9.17, 15) is 23.6 Å². The zero-order chi connectivity index (χ0) is 45.3. The number of hydrogen-bond acceptors (Lipinski definition) is 6. The predicted octanol–water partition coefficient (Wildman–Crippen LogP) is 7.93. The number of nitrogens with zero attached hydrogens (tertiary/aromatic N) is 4. The second-order valence-corrected chi connectivity index (χ2v) is 19.1. The van der Waals surface area contributed by atoms with Crippen LogP contribution < -0.4 is 15.5 Å². The first-order valence-electron chi connectivity index (χ1n) is 24.2. The lowest BCUT2D eigenvalue weighted by Gasteiger charge is -2.36. The SMILES string of the molecule is CC(c1ccc(C#CC2CCN(C(=O)CN3CCC(c4ccc5c6c(cccc46)C(=O)N5C4CCCNC4=O)CC3)CC2)c2ccccc12)N1CCC(C(=O)NCc2cccc(F)c2)CC1. The van der Waals surface area contributed by atoms with Crippen LogP contribution in [0.3, 0.4) is 0 Å². The van der Waals surface area contributed by atoms with Crippen LogP contribution in [0.5, 0.6) is 0 Å². The first-order valence-corrected chi connectivity index (χ1v) is 24.2. The minimum Gasteiger partial charge on any atom is -0.354 e. The fourth-order valence-electron chi connectivity index (χ4n) is 11.4. The summed E-state index contributed by atoms with van der Waals surface area (Å²) in [6.07, 6.45) is 6.72. The van der Waals surface area contributed by atoms with Gasteiger partial charge in [-0.3, -0.25) is 33.9 Å². The van der Waals surface area contributed by atoms with E-state index in [0.29, 0.717) is 37.5 Å². The maximum atomic E-state index is 13.7. The molecule has 5 aromatic rings. The number of amides is 4. The van der Waals surface area contributed by atoms with Gasteiger partial charge in [-0.2, -0.15) is 0 Å². The van der Waals surface area contributed by atoms with Gasteiger partial charge in [0.1, 0.15) is 11.9 Å². The lowest BCUT2D eigenvalue weighted by atomic mass is 9.85. The van der Waals surface area contributed by atoms with Crippen LogP contribution in [0, 0.1) is 29.5 Å². The molecule has 0 spiro atoms. The summed E-state index contributed by atoms with van der Waals surface area (Å²) < 4.78 is 13.6. The molecule has 10 rings (SSSR count). The number of likely N-dealkylation sites (tertiary alicyclic amines) is 3. The summed E-state index contributed by atoms with van der Waals surface area (Å²) in [5, 5.41) is 10.4. The molecule has 0 bridgehead atoms. The standard InChI is InChI=1S/C55H59FN6O4/c1-36(60-31-24-41(25-32-60)53(64)58-34-38-7-4-8-42(56)33-38)43-17-16-39(44-9-2-3-10-46(43)44)15-14-37-20-29-61(30-21-37)51(63)35-59-27-22-40(23-28-59)45-18-19-49-52-47(45)11-5-12-48(52)55(66)62(49)50-13-6-26-57-54(50)65/h2-5,7-12,16-19,33,36-37,40-41,50H,6,13,20-32,34-35H2,1H3,(H,57,65)(H,58,64). The fraction of sp³-hybridized carbons (Fsp3) is 0.418. The number of carbonyl (C=O) groups excluding carboxylic acids is 4. The summed E-state index contributed by atoms with van der Waals surface area (Å²) >= 11 is 0. The molecule has 10 nitrogen and oxygen atoms in total. The summed E-state index contributed by atoms with van der Waals surface area (Å²) in [7, 11) is 0. The Balaban J connectivity index is 0.706. The topological polar surface area (TPSA) is 105 Å². The van der Waals surface area contributed by atoms with Gasteiger partial charge in [-0.1, -0.05) is 72.5 Å². The van der Waals surface area contributed by atoms with Crippen LogP contribution in [0.25, 0.3) is 21.5 Å². The number of halogens is 1. The van der Waals surface area contributed by atoms with E-state index < -0.39 is 6.04 Å². The lowest BCUT2D eigenvalue weighted by molar-refractivity contribution is -0.134. The van der Waals surface area contributed by atoms with Crippen LogP contribution in [0.2, 0.25) is 0 Å². The highest BCUT2D eigenvalue weighted by atomic mass is 19.1. The van der Waals surface area contributed by atoms with E-state index in [1.54, 1.807) is 11.0 Å². The maximum Gasteiger partial charge on any atom is 0.259 e. The molecule has 2 atom stereocenters. The summed E-state index contributed by atoms with van der Waals surface area (Å²) in [6, 6.07) is 29.2. The van der Waals surface area contributed by atoms with Gasteiger partial charge in [0.25, 0.3) is 5.91 Å². The Morgan fingerprint density at radius 3 is 2.33 bits per heavy atom. The van der Waals surface area contributed by atoms with Crippen molar-refractivity contribution in [2.75, 3.05) is 57.3 Å². The van der Waals surface area contributed by atoms with Crippen LogP contribution in [0.15, 0.2) is 91.0 Å². The van der Waals surface area contributed by atoms with Crippen LogP contribution in [0.4, 0.5) is 10.1 Å². The normalized spacial score (nSPS) is 20.6. The molecule has 2 unspecified atom stereocenters. The Morgan fingerprint density at radius 1 is 0.803 bits per heavy atom. The number of anilines is 1. The highest BCUT2D eigenvalue weighted by Gasteiger charge is 2.40. The van der Waals surface area contributed by atoms with Crippen molar-refractivity contribution in [3.63, 3.8) is 0 Å². The third-order valence-corrected chi connectivity index (χ3v) is 15.2. The average molecular weight is 887 g/mol. The predicted molar refractivity (Wildman–Crippen MR) is 256 cm³/mol. The first kappa shape index (κ1) is 43.8. The monoisotopic (exact) mass is 886 g/mol. The van der Waals surface area contributed by atoms with E-state index in [1.165, 1.54) is 28.6 Å². The Morgan fingerprint density at radius 2 is 1.56 bits per heavy atom. The average Bonchev–Trinajstić information content (AvgIpc) is 3.64. The molecule has 0 aliphatic carbocycles. The van der Waals surface area contributed by atoms with Gasteiger partial charge < -0.3 is 15.5 Å². The highest BCUT2D eigenvalue weighted by molar-refractivity contribution is 6.27. The highest BCUT2D eigenvalue weighted by Crippen LogP contribution is 2.44. The molecule has 11 heteroatoms. The van der Waals surface area contributed by atoms with Gasteiger partial charge >= 0.3 is 0 Å². The molecule has 0 aromatic heterocycles. The van der Waals surface area contributed by atoms with E-state index >= 15 is 0 Å². The van der Waals surface area contributed by atoms with Crippen molar-refractivity contribution in [1.82, 2.24) is 25.3 Å². The summed E-state index contributed by atoms with van der Waals surface area (Å²) in [4.78, 5) is 61.6. The summed E-state index contributed by atoms with van der Waals surface area (Å²) in [5.41, 5.74) is 5.84. The zero-order valence-corrected chi connectivity index (χ0v) is 37.9. The Bertz CT molecular complexity index is 2740. The van der Waals surface area contributed by atoms with Crippen molar-refractivity contribution in [2.24, 2.45) is 11.8 Å². The third-order valence-electron chi connectivity index (χ3n) is 15.2. The van der Waals surface area contributed by atoms with Crippen molar-refractivity contribution in [2.45, 2.75) is 82.8 Å². The fourth-order valence-corrected chi connectivity index (χ4v) is 11.4. The van der Waals surface area contributed by atoms with E-state index in [-0.39, 0.29) is 47.3 Å². The molecule has 0 radical (unpaired) electrons. The van der Waals surface area contributed by atoms with Crippen LogP contribution >= 0.6 is 0 Å². The first-order chi connectivity index (χ1) is 32.2. The van der Waals surface area contributed by atoms with Crippen molar-refractivity contribution >= 4 is 50.9 Å². The van der Waals surface area contributed by atoms with Crippen LogP contribution in [0.1, 0.15) is 103 Å². The molecule has 0 saturated carbocycles. The van der Waals surface area contributed by atoms with Crippen molar-refractivity contribution in [3.05, 3.63) is 125 Å². The Hall–Kier alpha value is -6.09. The van der Waals surface area contributed by atoms with Crippen molar-refractivity contribution in [1.29, 1.82) is 0 Å². The number of carbonyl (C=O) groups is 4. The number of benzene rings is 5. The smallest absolute Gasteiger partial charge is 0.259 e. The van der Waals surface area contributed by atoms with Gasteiger partial charge in [0.15, 0.2) is 0 Å². The zero-order valence-electron chi connectivity index (χ0n) is 37.9. The molecule has 4 saturated heterocycles. The molecule has 5 aliphatic rings. The van der Waals surface area contributed by atoms with E-state index in [4.69, 9.17) is 0 Å². The summed E-state index contributed by atoms with van der Waals surface area (Å²) in [6.45, 7) is 8.47. The molecule has 5 aromatic carbocycles. The molecule has 5 heterocycles. The summed E-state index contributed by atoms with van der Waals surface area (Å²) in [5.74, 6) is 7.42. The second kappa shape index (κ2) is 19.0. The molecule has 4 amide bonds. The number of hydrogen-bond donors (Lipinski definition) is 2. The molecular formula is C55H59FN6O4. The molecular weight excluding hydrogens is 828 g/mol. The third kappa shape index (κ3) is 8.81. The van der Waals surface area contributed by atoms with E-state index in [1.807, 2.05) is 23.1 Å². The van der Waals surface area contributed by atoms with Crippen molar-refractivity contribution < 1.29 is 23.6 Å². The second-order valence-electron chi connectivity index (χ2n) is 19.1. The Kier molecular flexibility index (Phi) is 12.6. The van der Waals surface area contributed by atoms with Gasteiger partial charge in [-0.25, -0.2) is 4.39 Å². The number of fused-ring (bicyclic) bond motifs is 1. The van der Waals surface area contributed by atoms with Crippen LogP contribution in [-0.4, -0.2) is 96.7 Å². The molecule has 5 aliphatic heterocycles. The molecule has 66 heavy (non-hydrogen) atoms. The molecule has 4 fully saturated rings. The minimum absolute atomic E-state index is 0.0399. The van der Waals surface area contributed by atoms with Gasteiger partial charge in [-0.15, -0.1) is 0 Å².